The third kappa shape index (κ3) is 3.71. The van der Waals surface area contributed by atoms with Gasteiger partial charge in [-0.2, -0.15) is 0 Å². The minimum atomic E-state index is 0.533. The molecule has 1 aromatic carbocycles. The molecule has 104 valence electrons. The predicted molar refractivity (Wildman–Crippen MR) is 80.8 cm³/mol. The van der Waals surface area contributed by atoms with Crippen LogP contribution in [0.5, 0.6) is 0 Å². The molecular weight excluding hydrogens is 256 g/mol. The van der Waals surface area contributed by atoms with Gasteiger partial charge in [0.15, 0.2) is 0 Å². The van der Waals surface area contributed by atoms with E-state index >= 15 is 0 Å². The molecule has 2 fully saturated rings. The topological polar surface area (TPSA) is 15.3 Å². The summed E-state index contributed by atoms with van der Waals surface area (Å²) in [5.74, 6) is 0. The molecule has 1 saturated carbocycles. The highest BCUT2D eigenvalue weighted by atomic mass is 35.5. The van der Waals surface area contributed by atoms with Crippen LogP contribution in [0.2, 0.25) is 5.02 Å². The van der Waals surface area contributed by atoms with Crippen LogP contribution < -0.4 is 5.32 Å². The lowest BCUT2D eigenvalue weighted by atomic mass is 10.1. The summed E-state index contributed by atoms with van der Waals surface area (Å²) in [5.41, 5.74) is 1.36. The molecule has 0 bridgehead atoms. The molecule has 3 heteroatoms. The summed E-state index contributed by atoms with van der Waals surface area (Å²) >= 11 is 5.92. The molecule has 1 aromatic rings. The van der Waals surface area contributed by atoms with E-state index in [1.165, 1.54) is 37.9 Å². The molecule has 2 aliphatic rings. The van der Waals surface area contributed by atoms with Gasteiger partial charge in [0.1, 0.15) is 0 Å². The monoisotopic (exact) mass is 278 g/mol. The lowest BCUT2D eigenvalue weighted by molar-refractivity contribution is 0.313. The number of hydrogen-bond acceptors (Lipinski definition) is 2. The number of hydrogen-bond donors (Lipinski definition) is 1. The summed E-state index contributed by atoms with van der Waals surface area (Å²) in [6.07, 6.45) is 5.23. The van der Waals surface area contributed by atoms with Gasteiger partial charge in [0.05, 0.1) is 0 Å². The van der Waals surface area contributed by atoms with Gasteiger partial charge in [0.2, 0.25) is 0 Å². The Hall–Kier alpha value is -0.570. The van der Waals surface area contributed by atoms with Gasteiger partial charge in [-0.1, -0.05) is 23.7 Å². The SMILES string of the molecule is CC(Cc1ccc(Cl)cc1)NC1CCN(C2CC2)C1. The smallest absolute Gasteiger partial charge is 0.0406 e. The van der Waals surface area contributed by atoms with E-state index in [0.29, 0.717) is 12.1 Å². The zero-order valence-electron chi connectivity index (χ0n) is 11.6. The van der Waals surface area contributed by atoms with Gasteiger partial charge in [-0.15, -0.1) is 0 Å². The van der Waals surface area contributed by atoms with Crippen LogP contribution in [0, 0.1) is 0 Å². The van der Waals surface area contributed by atoms with E-state index in [2.05, 4.69) is 29.3 Å². The summed E-state index contributed by atoms with van der Waals surface area (Å²) < 4.78 is 0. The first-order valence-corrected chi connectivity index (χ1v) is 7.83. The molecule has 3 rings (SSSR count). The van der Waals surface area contributed by atoms with E-state index in [1.807, 2.05) is 12.1 Å². The summed E-state index contributed by atoms with van der Waals surface area (Å²) in [4.78, 5) is 2.66. The maximum atomic E-state index is 5.92. The second kappa shape index (κ2) is 5.82. The molecule has 0 radical (unpaired) electrons. The van der Waals surface area contributed by atoms with Crippen molar-refractivity contribution in [2.24, 2.45) is 0 Å². The fourth-order valence-corrected chi connectivity index (χ4v) is 3.26. The zero-order chi connectivity index (χ0) is 13.2. The minimum absolute atomic E-state index is 0.533. The molecule has 1 heterocycles. The Bertz CT molecular complexity index is 413. The van der Waals surface area contributed by atoms with E-state index in [9.17, 15) is 0 Å². The van der Waals surface area contributed by atoms with Crippen LogP contribution in [0.4, 0.5) is 0 Å². The Morgan fingerprint density at radius 1 is 1.26 bits per heavy atom. The van der Waals surface area contributed by atoms with Crippen LogP contribution in [0.25, 0.3) is 0 Å². The molecule has 1 aliphatic heterocycles. The predicted octanol–water partition coefficient (Wildman–Crippen LogP) is 3.10. The van der Waals surface area contributed by atoms with Crippen LogP contribution >= 0.6 is 11.6 Å². The molecule has 2 unspecified atom stereocenters. The minimum Gasteiger partial charge on any atom is -0.310 e. The largest absolute Gasteiger partial charge is 0.310 e. The van der Waals surface area contributed by atoms with Crippen molar-refractivity contribution in [1.82, 2.24) is 10.2 Å². The van der Waals surface area contributed by atoms with E-state index in [4.69, 9.17) is 11.6 Å². The second-order valence-corrected chi connectivity index (χ2v) is 6.55. The molecule has 19 heavy (non-hydrogen) atoms. The third-order valence-electron chi connectivity index (χ3n) is 4.26. The Balaban J connectivity index is 1.45. The van der Waals surface area contributed by atoms with Crippen molar-refractivity contribution >= 4 is 11.6 Å². The molecule has 1 N–H and O–H groups in total. The number of likely N-dealkylation sites (tertiary alicyclic amines) is 1. The fraction of sp³-hybridized carbons (Fsp3) is 0.625. The first-order valence-electron chi connectivity index (χ1n) is 7.45. The van der Waals surface area contributed by atoms with Crippen molar-refractivity contribution in [3.8, 4) is 0 Å². The first-order chi connectivity index (χ1) is 9.20. The molecule has 0 spiro atoms. The summed E-state index contributed by atoms with van der Waals surface area (Å²) in [7, 11) is 0. The highest BCUT2D eigenvalue weighted by Gasteiger charge is 2.34. The van der Waals surface area contributed by atoms with Crippen LogP contribution in [-0.2, 0) is 6.42 Å². The molecule has 1 aliphatic carbocycles. The molecule has 1 saturated heterocycles. The summed E-state index contributed by atoms with van der Waals surface area (Å²) in [5, 5.41) is 4.60. The van der Waals surface area contributed by atoms with Gasteiger partial charge in [0, 0.05) is 36.2 Å². The quantitative estimate of drug-likeness (QED) is 0.890. The Labute approximate surface area is 121 Å². The molecule has 0 aromatic heterocycles. The van der Waals surface area contributed by atoms with Gasteiger partial charge in [-0.25, -0.2) is 0 Å². The number of halogens is 1. The lowest BCUT2D eigenvalue weighted by Gasteiger charge is -2.20. The second-order valence-electron chi connectivity index (χ2n) is 6.11. The van der Waals surface area contributed by atoms with Gasteiger partial charge in [-0.3, -0.25) is 4.90 Å². The molecular formula is C16H23ClN2. The zero-order valence-corrected chi connectivity index (χ0v) is 12.4. The fourth-order valence-electron chi connectivity index (χ4n) is 3.13. The van der Waals surface area contributed by atoms with Gasteiger partial charge < -0.3 is 5.32 Å². The van der Waals surface area contributed by atoms with Crippen LogP contribution in [0.3, 0.4) is 0 Å². The van der Waals surface area contributed by atoms with Gasteiger partial charge in [0.25, 0.3) is 0 Å². The Morgan fingerprint density at radius 2 is 2.00 bits per heavy atom. The van der Waals surface area contributed by atoms with Crippen molar-refractivity contribution in [2.75, 3.05) is 13.1 Å². The van der Waals surface area contributed by atoms with Crippen LogP contribution in [0.15, 0.2) is 24.3 Å². The third-order valence-corrected chi connectivity index (χ3v) is 4.51. The van der Waals surface area contributed by atoms with Crippen molar-refractivity contribution in [1.29, 1.82) is 0 Å². The normalized spacial score (nSPS) is 25.7. The van der Waals surface area contributed by atoms with E-state index in [-0.39, 0.29) is 0 Å². The van der Waals surface area contributed by atoms with Crippen LogP contribution in [-0.4, -0.2) is 36.1 Å². The highest BCUT2D eigenvalue weighted by Crippen LogP contribution is 2.29. The number of rotatable bonds is 5. The first kappa shape index (κ1) is 13.4. The van der Waals surface area contributed by atoms with E-state index < -0.39 is 0 Å². The van der Waals surface area contributed by atoms with E-state index in [1.54, 1.807) is 0 Å². The molecule has 0 amide bonds. The Kier molecular flexibility index (Phi) is 4.11. The van der Waals surface area contributed by atoms with Crippen LogP contribution in [0.1, 0.15) is 31.7 Å². The maximum absolute atomic E-state index is 5.92. The summed E-state index contributed by atoms with van der Waals surface area (Å²) in [6, 6.07) is 10.4. The average molecular weight is 279 g/mol. The number of nitrogens with one attached hydrogen (secondary N) is 1. The molecule has 2 atom stereocenters. The van der Waals surface area contributed by atoms with Crippen molar-refractivity contribution < 1.29 is 0 Å². The Morgan fingerprint density at radius 3 is 2.68 bits per heavy atom. The standard InChI is InChI=1S/C16H23ClN2/c1-12(10-13-2-4-14(17)5-3-13)18-15-8-9-19(11-15)16-6-7-16/h2-5,12,15-16,18H,6-11H2,1H3. The molecule has 2 nitrogen and oxygen atoms in total. The van der Waals surface area contributed by atoms with Crippen molar-refractivity contribution in [3.63, 3.8) is 0 Å². The maximum Gasteiger partial charge on any atom is 0.0406 e. The highest BCUT2D eigenvalue weighted by molar-refractivity contribution is 6.30. The number of nitrogens with zero attached hydrogens (tertiary/aromatic N) is 1. The van der Waals surface area contributed by atoms with Gasteiger partial charge >= 0.3 is 0 Å². The van der Waals surface area contributed by atoms with Crippen molar-refractivity contribution in [2.45, 2.75) is 50.7 Å². The van der Waals surface area contributed by atoms with Crippen molar-refractivity contribution in [3.05, 3.63) is 34.9 Å². The average Bonchev–Trinajstić information content (AvgIpc) is 3.14. The lowest BCUT2D eigenvalue weighted by Crippen LogP contribution is -2.39. The number of benzene rings is 1. The van der Waals surface area contributed by atoms with Gasteiger partial charge in [-0.05, 0) is 50.3 Å². The summed E-state index contributed by atoms with van der Waals surface area (Å²) in [6.45, 7) is 4.82. The van der Waals surface area contributed by atoms with E-state index in [0.717, 1.165) is 17.5 Å².